The van der Waals surface area contributed by atoms with Gasteiger partial charge in [-0.15, -0.1) is 0 Å². The van der Waals surface area contributed by atoms with Gasteiger partial charge in [-0.1, -0.05) is 59.1 Å². The molecule has 0 radical (unpaired) electrons. The maximum absolute atomic E-state index is 15.2. The highest BCUT2D eigenvalue weighted by atomic mass is 35.5. The molecule has 11 nitrogen and oxygen atoms in total. The lowest BCUT2D eigenvalue weighted by atomic mass is 9.49. The van der Waals surface area contributed by atoms with Crippen molar-refractivity contribution in [3.63, 3.8) is 0 Å². The Kier molecular flexibility index (Phi) is 8.39. The Balaban J connectivity index is 1.44. The van der Waals surface area contributed by atoms with E-state index in [1.807, 2.05) is 6.08 Å². The summed E-state index contributed by atoms with van der Waals surface area (Å²) in [5.74, 6) is -6.55. The number of halogens is 2. The van der Waals surface area contributed by atoms with Crippen LogP contribution in [0.3, 0.4) is 0 Å². The molecule has 3 fully saturated rings. The van der Waals surface area contributed by atoms with Crippen molar-refractivity contribution in [1.29, 1.82) is 0 Å². The number of amides is 4. The Bertz CT molecular complexity index is 2000. The van der Waals surface area contributed by atoms with Gasteiger partial charge < -0.3 is 14.9 Å². The first kappa shape index (κ1) is 33.6. The van der Waals surface area contributed by atoms with E-state index >= 15 is 4.79 Å². The van der Waals surface area contributed by atoms with E-state index in [0.717, 1.165) is 15.5 Å². The van der Waals surface area contributed by atoms with Crippen LogP contribution in [0.2, 0.25) is 10.0 Å². The third-order valence-electron chi connectivity index (χ3n) is 10.8. The number of anilines is 1. The number of carboxylic acids is 1. The van der Waals surface area contributed by atoms with Crippen LogP contribution >= 0.6 is 23.2 Å². The SMILES string of the molecule is COc1ccc(C23C(=O)N(Nc4ccc(Cl)cc4Cl)C(=O)C2CC2C(=CCC4C(=O)N(CCC(=O)O)C(=O)C42)C3c2ccc(O)c(C)c2)cc1. The summed E-state index contributed by atoms with van der Waals surface area (Å²) in [6.45, 7) is 1.48. The number of rotatable bonds is 8. The lowest BCUT2D eigenvalue weighted by molar-refractivity contribution is -0.143. The molecule has 50 heavy (non-hydrogen) atoms. The number of hydrogen-bond donors (Lipinski definition) is 3. The minimum atomic E-state index is -1.54. The first-order chi connectivity index (χ1) is 23.9. The van der Waals surface area contributed by atoms with E-state index in [4.69, 9.17) is 27.9 Å². The molecule has 0 bridgehead atoms. The molecule has 0 aromatic heterocycles. The number of hydrazine groups is 1. The fraction of sp³-hybridized carbons (Fsp3) is 0.324. The van der Waals surface area contributed by atoms with Gasteiger partial charge >= 0.3 is 5.97 Å². The molecule has 2 heterocycles. The lowest BCUT2D eigenvalue weighted by Crippen LogP contribution is -2.53. The van der Waals surface area contributed by atoms with E-state index in [1.165, 1.54) is 13.2 Å². The van der Waals surface area contributed by atoms with Crippen molar-refractivity contribution in [1.82, 2.24) is 9.91 Å². The number of ether oxygens (including phenoxy) is 1. The monoisotopic (exact) mass is 717 g/mol. The largest absolute Gasteiger partial charge is 0.508 e. The molecular formula is C37H33Cl2N3O8. The number of aliphatic carboxylic acids is 1. The van der Waals surface area contributed by atoms with Crippen LogP contribution in [-0.2, 0) is 29.4 Å². The molecule has 3 aromatic carbocycles. The second-order valence-corrected chi connectivity index (χ2v) is 14.1. The molecule has 4 amide bonds. The predicted molar refractivity (Wildman–Crippen MR) is 182 cm³/mol. The zero-order valence-corrected chi connectivity index (χ0v) is 28.6. The van der Waals surface area contributed by atoms with Gasteiger partial charge in [0.1, 0.15) is 11.5 Å². The fourth-order valence-corrected chi connectivity index (χ4v) is 9.02. The van der Waals surface area contributed by atoms with Gasteiger partial charge in [0.25, 0.3) is 11.8 Å². The maximum atomic E-state index is 15.2. The number of phenols is 1. The van der Waals surface area contributed by atoms with E-state index < -0.39 is 64.6 Å². The van der Waals surface area contributed by atoms with Crippen molar-refractivity contribution >= 4 is 58.5 Å². The highest BCUT2D eigenvalue weighted by Crippen LogP contribution is 2.64. The average Bonchev–Trinajstić information content (AvgIpc) is 3.46. The van der Waals surface area contributed by atoms with Crippen molar-refractivity contribution in [2.45, 2.75) is 37.5 Å². The topological polar surface area (TPSA) is 154 Å². The van der Waals surface area contributed by atoms with Crippen molar-refractivity contribution in [3.8, 4) is 11.5 Å². The van der Waals surface area contributed by atoms with Crippen molar-refractivity contribution in [3.05, 3.63) is 99.0 Å². The first-order valence-corrected chi connectivity index (χ1v) is 16.9. The van der Waals surface area contributed by atoms with Gasteiger partial charge in [0.2, 0.25) is 11.8 Å². The number of carboxylic acid groups (broad SMARTS) is 1. The van der Waals surface area contributed by atoms with Crippen LogP contribution in [0.15, 0.2) is 72.3 Å². The first-order valence-electron chi connectivity index (χ1n) is 16.2. The van der Waals surface area contributed by atoms with Gasteiger partial charge in [-0.05, 0) is 78.8 Å². The number of methoxy groups -OCH3 is 1. The number of carbonyl (C=O) groups excluding carboxylic acids is 4. The van der Waals surface area contributed by atoms with Crippen LogP contribution in [0.5, 0.6) is 11.5 Å². The minimum absolute atomic E-state index is 0.0500. The highest BCUT2D eigenvalue weighted by Gasteiger charge is 2.70. The smallest absolute Gasteiger partial charge is 0.305 e. The summed E-state index contributed by atoms with van der Waals surface area (Å²) in [5, 5.41) is 21.4. The molecule has 258 valence electrons. The molecular weight excluding hydrogens is 685 g/mol. The van der Waals surface area contributed by atoms with Gasteiger partial charge in [0.15, 0.2) is 0 Å². The number of benzene rings is 3. The summed E-state index contributed by atoms with van der Waals surface area (Å²) in [7, 11) is 1.53. The molecule has 2 aliphatic carbocycles. The number of imide groups is 2. The summed E-state index contributed by atoms with van der Waals surface area (Å²) in [6, 6.07) is 16.6. The van der Waals surface area contributed by atoms with Gasteiger partial charge in [0, 0.05) is 17.5 Å². The molecule has 1 saturated carbocycles. The standard InChI is InChI=1S/C37H33Cl2N3O8/c1-18-15-19(3-12-29(18)43)32-23-9-10-24-31(35(48)41(33(24)46)14-13-30(44)45)25(23)17-26-34(47)42(40-28-11-6-21(38)16-27(28)39)36(49)37(26,32)20-4-7-22(50-2)8-5-20/h3-9,11-12,15-16,24-26,31-32,40,43H,10,13-14,17H2,1-2H3,(H,44,45). The zero-order chi connectivity index (χ0) is 35.6. The van der Waals surface area contributed by atoms with Gasteiger partial charge in [-0.25, -0.2) is 0 Å². The van der Waals surface area contributed by atoms with Crippen molar-refractivity contribution < 1.29 is 38.9 Å². The number of nitrogens with zero attached hydrogens (tertiary/aromatic N) is 2. The average molecular weight is 719 g/mol. The third-order valence-corrected chi connectivity index (χ3v) is 11.3. The van der Waals surface area contributed by atoms with Crippen molar-refractivity contribution in [2.75, 3.05) is 19.1 Å². The second-order valence-electron chi connectivity index (χ2n) is 13.2. The van der Waals surface area contributed by atoms with Crippen LogP contribution in [0.4, 0.5) is 5.69 Å². The highest BCUT2D eigenvalue weighted by molar-refractivity contribution is 6.36. The second kappa shape index (κ2) is 12.5. The molecule has 13 heteroatoms. The number of allylic oxidation sites excluding steroid dienone is 2. The summed E-state index contributed by atoms with van der Waals surface area (Å²) < 4.78 is 5.43. The summed E-state index contributed by atoms with van der Waals surface area (Å²) in [5.41, 5.74) is 4.16. The Morgan fingerprint density at radius 3 is 2.38 bits per heavy atom. The molecule has 3 N–H and O–H groups in total. The number of likely N-dealkylation sites (tertiary alicyclic amines) is 1. The lowest BCUT2D eigenvalue weighted by Gasteiger charge is -2.50. The van der Waals surface area contributed by atoms with E-state index in [1.54, 1.807) is 61.5 Å². The normalized spacial score (nSPS) is 27.1. The van der Waals surface area contributed by atoms with E-state index in [2.05, 4.69) is 5.43 Å². The Morgan fingerprint density at radius 2 is 1.72 bits per heavy atom. The predicted octanol–water partition coefficient (Wildman–Crippen LogP) is 5.48. The number of hydrogen-bond acceptors (Lipinski definition) is 8. The third kappa shape index (κ3) is 5.05. The van der Waals surface area contributed by atoms with Crippen molar-refractivity contribution in [2.24, 2.45) is 23.7 Å². The molecule has 7 rings (SSSR count). The van der Waals surface area contributed by atoms with Gasteiger partial charge in [0.05, 0.1) is 47.4 Å². The van der Waals surface area contributed by atoms with Crippen LogP contribution < -0.4 is 10.2 Å². The van der Waals surface area contributed by atoms with Crippen LogP contribution in [0.1, 0.15) is 41.9 Å². The molecule has 4 aliphatic rings. The Morgan fingerprint density at radius 1 is 0.980 bits per heavy atom. The number of aromatic hydroxyl groups is 1. The number of phenolic OH excluding ortho intramolecular Hbond substituents is 1. The van der Waals surface area contributed by atoms with Gasteiger partial charge in [-0.2, -0.15) is 5.01 Å². The number of nitrogens with one attached hydrogen (secondary N) is 1. The Hall–Kier alpha value is -4.87. The molecule has 3 aromatic rings. The summed E-state index contributed by atoms with van der Waals surface area (Å²) in [6.07, 6.45) is 1.79. The molecule has 2 saturated heterocycles. The molecule has 2 aliphatic heterocycles. The van der Waals surface area contributed by atoms with E-state index in [0.29, 0.717) is 27.5 Å². The molecule has 6 unspecified atom stereocenters. The van der Waals surface area contributed by atoms with Crippen LogP contribution in [0.25, 0.3) is 0 Å². The maximum Gasteiger partial charge on any atom is 0.305 e. The number of aryl methyl sites for hydroxylation is 1. The quantitative estimate of drug-likeness (QED) is 0.203. The van der Waals surface area contributed by atoms with E-state index in [-0.39, 0.29) is 42.3 Å². The van der Waals surface area contributed by atoms with Crippen LogP contribution in [-0.4, -0.2) is 63.4 Å². The summed E-state index contributed by atoms with van der Waals surface area (Å²) >= 11 is 12.6. The van der Waals surface area contributed by atoms with E-state index in [9.17, 15) is 29.4 Å². The Labute approximate surface area is 297 Å². The fourth-order valence-electron chi connectivity index (χ4n) is 8.57. The number of fused-ring (bicyclic) bond motifs is 4. The zero-order valence-electron chi connectivity index (χ0n) is 27.1. The molecule has 0 spiro atoms. The van der Waals surface area contributed by atoms with Gasteiger partial charge in [-0.3, -0.25) is 34.3 Å². The summed E-state index contributed by atoms with van der Waals surface area (Å²) in [4.78, 5) is 70.0. The minimum Gasteiger partial charge on any atom is -0.508 e. The van der Waals surface area contributed by atoms with Crippen LogP contribution in [0, 0.1) is 30.6 Å². The molecule has 6 atom stereocenters. The number of carbonyl (C=O) groups is 5.